The summed E-state index contributed by atoms with van der Waals surface area (Å²) >= 11 is 5.83. The van der Waals surface area contributed by atoms with Crippen molar-refractivity contribution < 1.29 is 14.4 Å². The zero-order valence-electron chi connectivity index (χ0n) is 12.6. The Kier molecular flexibility index (Phi) is 7.39. The minimum Gasteiger partial charge on any atom is -0.355 e. The van der Waals surface area contributed by atoms with Crippen LogP contribution in [0.25, 0.3) is 0 Å². The Hall–Kier alpha value is -2.08. The fraction of sp³-hybridized carbons (Fsp3) is 0.400. The molecule has 0 fully saturated rings. The number of carbonyl (C=O) groups is 3. The number of benzene rings is 1. The SMILES string of the molecule is CCNC(=O)CNC(=O)CC(NC(C)=O)c1ccc(Cl)cc1. The molecule has 120 valence electrons. The first-order chi connectivity index (χ1) is 10.4. The first-order valence-electron chi connectivity index (χ1n) is 6.98. The van der Waals surface area contributed by atoms with Crippen LogP contribution in [0.3, 0.4) is 0 Å². The van der Waals surface area contributed by atoms with E-state index in [1.165, 1.54) is 6.92 Å². The molecular formula is C15H20ClN3O3. The maximum atomic E-state index is 11.9. The van der Waals surface area contributed by atoms with E-state index in [4.69, 9.17) is 11.6 Å². The van der Waals surface area contributed by atoms with Crippen molar-refractivity contribution in [2.75, 3.05) is 13.1 Å². The Morgan fingerprint density at radius 3 is 2.27 bits per heavy atom. The summed E-state index contributed by atoms with van der Waals surface area (Å²) in [6, 6.07) is 6.42. The van der Waals surface area contributed by atoms with Gasteiger partial charge in [0.1, 0.15) is 0 Å². The molecule has 3 amide bonds. The smallest absolute Gasteiger partial charge is 0.239 e. The first kappa shape index (κ1) is 18.0. The highest BCUT2D eigenvalue weighted by atomic mass is 35.5. The lowest BCUT2D eigenvalue weighted by molar-refractivity contribution is -0.126. The number of carbonyl (C=O) groups excluding carboxylic acids is 3. The van der Waals surface area contributed by atoms with Crippen molar-refractivity contribution in [2.24, 2.45) is 0 Å². The fourth-order valence-electron chi connectivity index (χ4n) is 1.89. The summed E-state index contributed by atoms with van der Waals surface area (Å²) in [6.45, 7) is 3.61. The van der Waals surface area contributed by atoms with Crippen LogP contribution in [-0.2, 0) is 14.4 Å². The molecule has 0 aromatic heterocycles. The van der Waals surface area contributed by atoms with Crippen LogP contribution in [0.2, 0.25) is 5.02 Å². The first-order valence-corrected chi connectivity index (χ1v) is 7.36. The quantitative estimate of drug-likeness (QED) is 0.703. The largest absolute Gasteiger partial charge is 0.355 e. The summed E-state index contributed by atoms with van der Waals surface area (Å²) in [5.41, 5.74) is 0.771. The second kappa shape index (κ2) is 9.04. The minimum absolute atomic E-state index is 0.0423. The van der Waals surface area contributed by atoms with Crippen molar-refractivity contribution in [1.29, 1.82) is 0 Å². The van der Waals surface area contributed by atoms with Crippen molar-refractivity contribution in [1.82, 2.24) is 16.0 Å². The van der Waals surface area contributed by atoms with E-state index in [-0.39, 0.29) is 30.7 Å². The standard InChI is InChI=1S/C15H20ClN3O3/c1-3-17-15(22)9-18-14(21)8-13(19-10(2)20)11-4-6-12(16)7-5-11/h4-7,13H,3,8-9H2,1-2H3,(H,17,22)(H,18,21)(H,19,20). The molecule has 1 aromatic rings. The van der Waals surface area contributed by atoms with Crippen LogP contribution in [0, 0.1) is 0 Å². The number of hydrogen-bond acceptors (Lipinski definition) is 3. The molecule has 0 bridgehead atoms. The second-order valence-electron chi connectivity index (χ2n) is 4.74. The van der Waals surface area contributed by atoms with Crippen LogP contribution in [0.5, 0.6) is 0 Å². The van der Waals surface area contributed by atoms with Gasteiger partial charge in [0.05, 0.1) is 19.0 Å². The van der Waals surface area contributed by atoms with Crippen LogP contribution < -0.4 is 16.0 Å². The van der Waals surface area contributed by atoms with Gasteiger partial charge >= 0.3 is 0 Å². The summed E-state index contributed by atoms with van der Waals surface area (Å²) in [6.07, 6.45) is 0.0423. The molecule has 6 nitrogen and oxygen atoms in total. The van der Waals surface area contributed by atoms with Gasteiger partial charge in [-0.15, -0.1) is 0 Å². The van der Waals surface area contributed by atoms with Crippen LogP contribution in [0.4, 0.5) is 0 Å². The molecule has 1 aromatic carbocycles. The average Bonchev–Trinajstić information content (AvgIpc) is 2.45. The lowest BCUT2D eigenvalue weighted by Gasteiger charge is -2.18. The van der Waals surface area contributed by atoms with E-state index in [2.05, 4.69) is 16.0 Å². The highest BCUT2D eigenvalue weighted by molar-refractivity contribution is 6.30. The summed E-state index contributed by atoms with van der Waals surface area (Å²) < 4.78 is 0. The maximum absolute atomic E-state index is 11.9. The predicted molar refractivity (Wildman–Crippen MR) is 84.3 cm³/mol. The molecule has 7 heteroatoms. The van der Waals surface area contributed by atoms with Gasteiger partial charge in [-0.3, -0.25) is 14.4 Å². The molecule has 0 saturated carbocycles. The summed E-state index contributed by atoms with van der Waals surface area (Å²) in [5.74, 6) is -0.810. The highest BCUT2D eigenvalue weighted by Crippen LogP contribution is 2.19. The van der Waals surface area contributed by atoms with E-state index in [9.17, 15) is 14.4 Å². The lowest BCUT2D eigenvalue weighted by atomic mass is 10.0. The molecular weight excluding hydrogens is 306 g/mol. The van der Waals surface area contributed by atoms with E-state index >= 15 is 0 Å². The van der Waals surface area contributed by atoms with Crippen molar-refractivity contribution in [3.8, 4) is 0 Å². The molecule has 0 spiro atoms. The van der Waals surface area contributed by atoms with Gasteiger partial charge < -0.3 is 16.0 Å². The van der Waals surface area contributed by atoms with Crippen LogP contribution >= 0.6 is 11.6 Å². The number of amides is 3. The van der Waals surface area contributed by atoms with Crippen molar-refractivity contribution >= 4 is 29.3 Å². The Morgan fingerprint density at radius 1 is 1.09 bits per heavy atom. The Morgan fingerprint density at radius 2 is 1.73 bits per heavy atom. The summed E-state index contributed by atoms with van der Waals surface area (Å²) in [5, 5.41) is 8.40. The van der Waals surface area contributed by atoms with E-state index in [1.807, 2.05) is 0 Å². The van der Waals surface area contributed by atoms with Crippen molar-refractivity contribution in [3.05, 3.63) is 34.9 Å². The number of nitrogens with one attached hydrogen (secondary N) is 3. The molecule has 3 N–H and O–H groups in total. The average molecular weight is 326 g/mol. The Bertz CT molecular complexity index is 531. The van der Waals surface area contributed by atoms with Gasteiger partial charge in [-0.1, -0.05) is 23.7 Å². The maximum Gasteiger partial charge on any atom is 0.239 e. The topological polar surface area (TPSA) is 87.3 Å². The van der Waals surface area contributed by atoms with Gasteiger partial charge in [-0.25, -0.2) is 0 Å². The molecule has 0 radical (unpaired) electrons. The van der Waals surface area contributed by atoms with Gasteiger partial charge in [0.25, 0.3) is 0 Å². The summed E-state index contributed by atoms with van der Waals surface area (Å²) in [7, 11) is 0. The van der Waals surface area contributed by atoms with Crippen LogP contribution in [0.1, 0.15) is 31.9 Å². The fourth-order valence-corrected chi connectivity index (χ4v) is 2.01. The van der Waals surface area contributed by atoms with E-state index < -0.39 is 6.04 Å². The zero-order valence-corrected chi connectivity index (χ0v) is 13.4. The molecule has 0 aliphatic rings. The molecule has 0 aliphatic heterocycles. The Balaban J connectivity index is 2.65. The van der Waals surface area contributed by atoms with Gasteiger partial charge in [0, 0.05) is 18.5 Å². The highest BCUT2D eigenvalue weighted by Gasteiger charge is 2.17. The molecule has 1 unspecified atom stereocenters. The monoisotopic (exact) mass is 325 g/mol. The third kappa shape index (κ3) is 6.58. The molecule has 0 aliphatic carbocycles. The molecule has 1 rings (SSSR count). The third-order valence-electron chi connectivity index (χ3n) is 2.86. The third-order valence-corrected chi connectivity index (χ3v) is 3.11. The number of likely N-dealkylation sites (N-methyl/N-ethyl adjacent to an activating group) is 1. The minimum atomic E-state index is -0.469. The van der Waals surface area contributed by atoms with Crippen molar-refractivity contribution in [2.45, 2.75) is 26.3 Å². The lowest BCUT2D eigenvalue weighted by Crippen LogP contribution is -2.38. The molecule has 22 heavy (non-hydrogen) atoms. The van der Waals surface area contributed by atoms with Crippen molar-refractivity contribution in [3.63, 3.8) is 0 Å². The van der Waals surface area contributed by atoms with E-state index in [0.29, 0.717) is 11.6 Å². The van der Waals surface area contributed by atoms with Crippen LogP contribution in [-0.4, -0.2) is 30.8 Å². The predicted octanol–water partition coefficient (Wildman–Crippen LogP) is 1.16. The van der Waals surface area contributed by atoms with Crippen LogP contribution in [0.15, 0.2) is 24.3 Å². The number of halogens is 1. The molecule has 0 saturated heterocycles. The van der Waals surface area contributed by atoms with Gasteiger partial charge in [0.15, 0.2) is 0 Å². The van der Waals surface area contributed by atoms with Gasteiger partial charge in [-0.2, -0.15) is 0 Å². The normalized spacial score (nSPS) is 11.4. The molecule has 0 heterocycles. The van der Waals surface area contributed by atoms with E-state index in [0.717, 1.165) is 5.56 Å². The summed E-state index contributed by atoms with van der Waals surface area (Å²) in [4.78, 5) is 34.5. The number of hydrogen-bond donors (Lipinski definition) is 3. The zero-order chi connectivity index (χ0) is 16.5. The van der Waals surface area contributed by atoms with Gasteiger partial charge in [0.2, 0.25) is 17.7 Å². The Labute approximate surface area is 134 Å². The van der Waals surface area contributed by atoms with E-state index in [1.54, 1.807) is 31.2 Å². The number of rotatable bonds is 7. The molecule has 1 atom stereocenters. The second-order valence-corrected chi connectivity index (χ2v) is 5.18. The van der Waals surface area contributed by atoms with Gasteiger partial charge in [-0.05, 0) is 24.6 Å².